The van der Waals surface area contributed by atoms with E-state index in [1.165, 1.54) is 17.0 Å². The highest BCUT2D eigenvalue weighted by atomic mass is 35.5. The molecule has 1 fully saturated rings. The van der Waals surface area contributed by atoms with Crippen LogP contribution in [0.2, 0.25) is 5.02 Å². The summed E-state index contributed by atoms with van der Waals surface area (Å²) in [5.41, 5.74) is 3.10. The molecule has 0 bridgehead atoms. The van der Waals surface area contributed by atoms with Crippen molar-refractivity contribution in [3.8, 4) is 11.5 Å². The molecule has 3 aromatic rings. The smallest absolute Gasteiger partial charge is 0.428 e. The largest absolute Gasteiger partial charge is 0.483 e. The zero-order valence-electron chi connectivity index (χ0n) is 17.3. The molecule has 0 spiro atoms. The van der Waals surface area contributed by atoms with E-state index in [1.807, 2.05) is 30.5 Å². The molecule has 1 unspecified atom stereocenters. The number of alkyl halides is 3. The van der Waals surface area contributed by atoms with Gasteiger partial charge in [0.25, 0.3) is 0 Å². The van der Waals surface area contributed by atoms with Crippen LogP contribution >= 0.6 is 11.6 Å². The Balaban J connectivity index is 1.20. The maximum Gasteiger partial charge on any atom is 0.428 e. The van der Waals surface area contributed by atoms with Crippen molar-refractivity contribution in [3.63, 3.8) is 0 Å². The van der Waals surface area contributed by atoms with Gasteiger partial charge in [-0.15, -0.1) is 0 Å². The third kappa shape index (κ3) is 4.21. The van der Waals surface area contributed by atoms with Crippen LogP contribution < -0.4 is 14.4 Å². The van der Waals surface area contributed by atoms with Gasteiger partial charge in [0, 0.05) is 54.8 Å². The Morgan fingerprint density at radius 3 is 2.69 bits per heavy atom. The number of aromatic amines is 1. The van der Waals surface area contributed by atoms with Crippen LogP contribution in [0.15, 0.2) is 42.6 Å². The first-order valence-corrected chi connectivity index (χ1v) is 11.0. The average molecular weight is 466 g/mol. The van der Waals surface area contributed by atoms with Gasteiger partial charge in [0.2, 0.25) is 6.10 Å². The van der Waals surface area contributed by atoms with E-state index in [1.54, 1.807) is 6.07 Å². The number of halogens is 4. The first-order chi connectivity index (χ1) is 15.4. The number of ether oxygens (including phenoxy) is 2. The number of fused-ring (bicyclic) bond motifs is 2. The van der Waals surface area contributed by atoms with Crippen LogP contribution in [0.5, 0.6) is 11.5 Å². The molecular formula is C23H23ClF3N3O2. The van der Waals surface area contributed by atoms with Gasteiger partial charge in [-0.25, -0.2) is 0 Å². The highest BCUT2D eigenvalue weighted by Gasteiger charge is 2.45. The van der Waals surface area contributed by atoms with Crippen LogP contribution in [0.3, 0.4) is 0 Å². The molecule has 0 radical (unpaired) electrons. The monoisotopic (exact) mass is 465 g/mol. The second-order valence-corrected chi connectivity index (χ2v) is 8.58. The van der Waals surface area contributed by atoms with E-state index in [4.69, 9.17) is 21.1 Å². The van der Waals surface area contributed by atoms with Gasteiger partial charge in [-0.05, 0) is 36.2 Å². The first kappa shape index (κ1) is 21.3. The summed E-state index contributed by atoms with van der Waals surface area (Å²) >= 11 is 6.06. The van der Waals surface area contributed by atoms with Crippen molar-refractivity contribution in [1.82, 2.24) is 9.88 Å². The number of anilines is 1. The molecule has 0 aliphatic carbocycles. The number of H-pyrrole nitrogens is 1. The van der Waals surface area contributed by atoms with Crippen molar-refractivity contribution in [2.24, 2.45) is 0 Å². The molecular weight excluding hydrogens is 443 g/mol. The fourth-order valence-electron chi connectivity index (χ4n) is 4.36. The number of rotatable bonds is 4. The Hall–Kier alpha value is -2.58. The molecule has 0 saturated carbocycles. The summed E-state index contributed by atoms with van der Waals surface area (Å²) in [6.07, 6.45) is -3.41. The fraction of sp³-hybridized carbons (Fsp3) is 0.391. The molecule has 32 heavy (non-hydrogen) atoms. The second-order valence-electron chi connectivity index (χ2n) is 8.15. The van der Waals surface area contributed by atoms with E-state index < -0.39 is 18.9 Å². The first-order valence-electron chi connectivity index (χ1n) is 10.6. The van der Waals surface area contributed by atoms with Crippen molar-refractivity contribution >= 4 is 28.2 Å². The van der Waals surface area contributed by atoms with E-state index in [2.05, 4.69) is 14.8 Å². The lowest BCUT2D eigenvalue weighted by atomic mass is 10.1. The molecule has 1 saturated heterocycles. The molecule has 1 aromatic heterocycles. The molecule has 2 aliphatic rings. The molecule has 2 aromatic carbocycles. The maximum absolute atomic E-state index is 13.0. The van der Waals surface area contributed by atoms with Gasteiger partial charge in [-0.1, -0.05) is 23.7 Å². The molecule has 3 heterocycles. The van der Waals surface area contributed by atoms with E-state index in [9.17, 15) is 13.2 Å². The summed E-state index contributed by atoms with van der Waals surface area (Å²) in [4.78, 5) is 7.83. The van der Waals surface area contributed by atoms with E-state index >= 15 is 0 Å². The summed E-state index contributed by atoms with van der Waals surface area (Å²) in [6.45, 7) is 3.68. The number of para-hydroxylation sites is 1. The van der Waals surface area contributed by atoms with Crippen LogP contribution in [-0.2, 0) is 6.42 Å². The average Bonchev–Trinajstić information content (AvgIpc) is 3.18. The van der Waals surface area contributed by atoms with Crippen molar-refractivity contribution in [2.75, 3.05) is 44.2 Å². The molecule has 1 atom stereocenters. The number of hydrogen-bond donors (Lipinski definition) is 1. The Labute approximate surface area is 188 Å². The molecule has 1 N–H and O–H groups in total. The summed E-state index contributed by atoms with van der Waals surface area (Å²) in [5.74, 6) is 0.553. The summed E-state index contributed by atoms with van der Waals surface area (Å²) in [5, 5.41) is 1.91. The second kappa shape index (κ2) is 8.41. The zero-order chi connectivity index (χ0) is 22.3. The van der Waals surface area contributed by atoms with Crippen LogP contribution in [0.1, 0.15) is 5.56 Å². The molecule has 5 rings (SSSR count). The lowest BCUT2D eigenvalue weighted by Crippen LogP contribution is -2.47. The zero-order valence-corrected chi connectivity index (χ0v) is 18.0. The van der Waals surface area contributed by atoms with Gasteiger partial charge in [0.15, 0.2) is 11.5 Å². The van der Waals surface area contributed by atoms with Crippen LogP contribution in [0.4, 0.5) is 18.9 Å². The van der Waals surface area contributed by atoms with Crippen LogP contribution in [0.25, 0.3) is 10.9 Å². The highest BCUT2D eigenvalue weighted by molar-refractivity contribution is 6.31. The van der Waals surface area contributed by atoms with Crippen molar-refractivity contribution in [2.45, 2.75) is 18.7 Å². The molecule has 2 aliphatic heterocycles. The van der Waals surface area contributed by atoms with E-state index in [0.29, 0.717) is 10.8 Å². The number of benzene rings is 2. The van der Waals surface area contributed by atoms with Crippen LogP contribution in [-0.4, -0.2) is 61.5 Å². The maximum atomic E-state index is 13.0. The van der Waals surface area contributed by atoms with Gasteiger partial charge in [0.05, 0.1) is 5.69 Å². The lowest BCUT2D eigenvalue weighted by Gasteiger charge is -2.38. The van der Waals surface area contributed by atoms with E-state index in [-0.39, 0.29) is 5.75 Å². The number of nitrogens with one attached hydrogen (secondary N) is 1. The van der Waals surface area contributed by atoms with Gasteiger partial charge >= 0.3 is 6.18 Å². The topological polar surface area (TPSA) is 40.7 Å². The Morgan fingerprint density at radius 2 is 1.91 bits per heavy atom. The van der Waals surface area contributed by atoms with Gasteiger partial charge in [-0.2, -0.15) is 13.2 Å². The molecule has 170 valence electrons. The molecule has 0 amide bonds. The number of nitrogens with zero attached hydrogens (tertiary/aromatic N) is 2. The number of piperazine rings is 1. The van der Waals surface area contributed by atoms with Crippen molar-refractivity contribution < 1.29 is 22.6 Å². The Kier molecular flexibility index (Phi) is 5.59. The van der Waals surface area contributed by atoms with E-state index in [0.717, 1.165) is 50.3 Å². The summed E-state index contributed by atoms with van der Waals surface area (Å²) < 4.78 is 49.6. The predicted molar refractivity (Wildman–Crippen MR) is 118 cm³/mol. The predicted octanol–water partition coefficient (Wildman–Crippen LogP) is 4.89. The van der Waals surface area contributed by atoms with Gasteiger partial charge in [0.1, 0.15) is 6.61 Å². The van der Waals surface area contributed by atoms with Crippen molar-refractivity contribution in [1.29, 1.82) is 0 Å². The SMILES string of the molecule is FC(F)(F)C1COc2c(cccc2N2CCN(CCc3c[nH]c4cc(Cl)ccc34)CC2)O1. The highest BCUT2D eigenvalue weighted by Crippen LogP contribution is 2.43. The third-order valence-corrected chi connectivity index (χ3v) is 6.35. The Morgan fingerprint density at radius 1 is 1.09 bits per heavy atom. The standard InChI is InChI=1S/C23H23ClF3N3O2/c24-16-4-5-17-15(13-28-18(17)12-16)6-7-29-8-10-30(11-9-29)19-2-1-3-20-22(19)31-14-21(32-20)23(25,26)27/h1-5,12-13,21,28H,6-11,14H2. The minimum atomic E-state index is -4.45. The Bertz CT molecular complexity index is 1110. The minimum absolute atomic E-state index is 0.151. The normalized spacial score (nSPS) is 19.5. The minimum Gasteiger partial charge on any atom is -0.483 e. The van der Waals surface area contributed by atoms with Gasteiger partial charge < -0.3 is 19.4 Å². The van der Waals surface area contributed by atoms with Gasteiger partial charge in [-0.3, -0.25) is 4.90 Å². The van der Waals surface area contributed by atoms with Crippen molar-refractivity contribution in [3.05, 3.63) is 53.2 Å². The third-order valence-electron chi connectivity index (χ3n) is 6.11. The number of aromatic nitrogens is 1. The fourth-order valence-corrected chi connectivity index (χ4v) is 4.53. The summed E-state index contributed by atoms with van der Waals surface area (Å²) in [6, 6.07) is 11.0. The molecule has 9 heteroatoms. The lowest BCUT2D eigenvalue weighted by molar-refractivity contribution is -0.207. The molecule has 5 nitrogen and oxygen atoms in total. The van der Waals surface area contributed by atoms with Crippen LogP contribution in [0, 0.1) is 0 Å². The quantitative estimate of drug-likeness (QED) is 0.595. The summed E-state index contributed by atoms with van der Waals surface area (Å²) in [7, 11) is 0. The number of hydrogen-bond acceptors (Lipinski definition) is 4.